The zero-order chi connectivity index (χ0) is 14.1. The van der Waals surface area contributed by atoms with Gasteiger partial charge in [-0.15, -0.1) is 0 Å². The van der Waals surface area contributed by atoms with Gasteiger partial charge in [-0.2, -0.15) is 0 Å². The first-order valence-electron chi connectivity index (χ1n) is 6.66. The van der Waals surface area contributed by atoms with Crippen LogP contribution in [0.2, 0.25) is 0 Å². The van der Waals surface area contributed by atoms with Gasteiger partial charge in [-0.1, -0.05) is 55.5 Å². The number of aryl methyl sites for hydroxylation is 1. The fourth-order valence-corrected chi connectivity index (χ4v) is 1.90. The summed E-state index contributed by atoms with van der Waals surface area (Å²) >= 11 is 0. The third-order valence-corrected chi connectivity index (χ3v) is 2.90. The van der Waals surface area contributed by atoms with Crippen molar-refractivity contribution < 1.29 is 4.74 Å². The molecule has 0 amide bonds. The van der Waals surface area contributed by atoms with Gasteiger partial charge in [-0.3, -0.25) is 0 Å². The van der Waals surface area contributed by atoms with Crippen molar-refractivity contribution in [3.63, 3.8) is 0 Å². The minimum Gasteiger partial charge on any atom is -0.485 e. The maximum atomic E-state index is 6.08. The number of nitrogens with two attached hydrogens (primary N) is 1. The Bertz CT molecular complexity index is 468. The van der Waals surface area contributed by atoms with Gasteiger partial charge in [0.15, 0.2) is 0 Å². The van der Waals surface area contributed by atoms with Crippen LogP contribution >= 0.6 is 0 Å². The summed E-state index contributed by atoms with van der Waals surface area (Å²) in [6.45, 7) is 4.23. The molecule has 0 fully saturated rings. The standard InChI is InChI=1S/C16H18O.CH5N/c1-3-15(14-10-5-4-6-11-14)17-16-12-8-7-9-13(16)2;1-2/h4-12,15H,3H2,1-2H3;2H2,1H3. The molecule has 19 heavy (non-hydrogen) atoms. The van der Waals surface area contributed by atoms with Crippen LogP contribution in [0.4, 0.5) is 0 Å². The molecule has 0 heterocycles. The molecule has 2 aromatic carbocycles. The highest BCUT2D eigenvalue weighted by molar-refractivity contribution is 5.32. The molecular formula is C17H23NO. The van der Waals surface area contributed by atoms with E-state index in [1.807, 2.05) is 24.3 Å². The molecule has 2 aromatic rings. The molecule has 1 unspecified atom stereocenters. The van der Waals surface area contributed by atoms with E-state index >= 15 is 0 Å². The molecule has 1 atom stereocenters. The lowest BCUT2D eigenvalue weighted by molar-refractivity contribution is 0.200. The molecule has 0 aliphatic rings. The van der Waals surface area contributed by atoms with Crippen molar-refractivity contribution in [1.29, 1.82) is 0 Å². The number of ether oxygens (including phenoxy) is 1. The predicted molar refractivity (Wildman–Crippen MR) is 81.4 cm³/mol. The van der Waals surface area contributed by atoms with Gasteiger partial charge in [0.2, 0.25) is 0 Å². The SMILES string of the molecule is CCC(Oc1ccccc1C)c1ccccc1.CN. The van der Waals surface area contributed by atoms with Gasteiger partial charge in [0.25, 0.3) is 0 Å². The molecule has 2 nitrogen and oxygen atoms in total. The Labute approximate surface area is 116 Å². The second-order valence-corrected chi connectivity index (χ2v) is 4.19. The average Bonchev–Trinajstić information content (AvgIpc) is 2.49. The maximum absolute atomic E-state index is 6.08. The first kappa shape index (κ1) is 15.3. The lowest BCUT2D eigenvalue weighted by Crippen LogP contribution is -2.06. The summed E-state index contributed by atoms with van der Waals surface area (Å²) in [5, 5.41) is 0. The van der Waals surface area contributed by atoms with Crippen molar-refractivity contribution in [2.45, 2.75) is 26.4 Å². The Balaban J connectivity index is 0.000000861. The molecule has 0 saturated carbocycles. The van der Waals surface area contributed by atoms with Gasteiger partial charge >= 0.3 is 0 Å². The lowest BCUT2D eigenvalue weighted by Gasteiger charge is -2.19. The molecule has 102 valence electrons. The monoisotopic (exact) mass is 257 g/mol. The van der Waals surface area contributed by atoms with Crippen LogP contribution in [0.15, 0.2) is 54.6 Å². The minimum absolute atomic E-state index is 0.136. The predicted octanol–water partition coefficient (Wildman–Crippen LogP) is 4.10. The number of hydrogen-bond acceptors (Lipinski definition) is 2. The third kappa shape index (κ3) is 4.42. The molecule has 0 aliphatic carbocycles. The van der Waals surface area contributed by atoms with Gasteiger partial charge in [0.1, 0.15) is 11.9 Å². The largest absolute Gasteiger partial charge is 0.485 e. The van der Waals surface area contributed by atoms with Crippen LogP contribution in [-0.4, -0.2) is 7.05 Å². The fraction of sp³-hybridized carbons (Fsp3) is 0.294. The number of rotatable bonds is 4. The molecule has 0 bridgehead atoms. The van der Waals surface area contributed by atoms with Crippen molar-refractivity contribution in [2.24, 2.45) is 5.73 Å². The van der Waals surface area contributed by atoms with Crippen molar-refractivity contribution in [3.05, 3.63) is 65.7 Å². The minimum atomic E-state index is 0.136. The van der Waals surface area contributed by atoms with Crippen LogP contribution in [0.25, 0.3) is 0 Å². The summed E-state index contributed by atoms with van der Waals surface area (Å²) in [4.78, 5) is 0. The topological polar surface area (TPSA) is 35.2 Å². The highest BCUT2D eigenvalue weighted by Gasteiger charge is 2.11. The molecule has 0 aliphatic heterocycles. The molecule has 0 saturated heterocycles. The Morgan fingerprint density at radius 2 is 1.53 bits per heavy atom. The second kappa shape index (κ2) is 8.33. The summed E-state index contributed by atoms with van der Waals surface area (Å²) in [6, 6.07) is 18.5. The van der Waals surface area contributed by atoms with Gasteiger partial charge in [-0.25, -0.2) is 0 Å². The highest BCUT2D eigenvalue weighted by Crippen LogP contribution is 2.26. The van der Waals surface area contributed by atoms with Crippen LogP contribution < -0.4 is 10.5 Å². The van der Waals surface area contributed by atoms with Crippen molar-refractivity contribution in [1.82, 2.24) is 0 Å². The fourth-order valence-electron chi connectivity index (χ4n) is 1.90. The van der Waals surface area contributed by atoms with Crippen LogP contribution in [-0.2, 0) is 0 Å². The molecule has 2 rings (SSSR count). The Morgan fingerprint density at radius 3 is 2.11 bits per heavy atom. The van der Waals surface area contributed by atoms with E-state index in [9.17, 15) is 0 Å². The quantitative estimate of drug-likeness (QED) is 0.895. The molecular weight excluding hydrogens is 234 g/mol. The van der Waals surface area contributed by atoms with E-state index in [-0.39, 0.29) is 6.10 Å². The summed E-state index contributed by atoms with van der Waals surface area (Å²) in [5.41, 5.74) is 6.92. The van der Waals surface area contributed by atoms with E-state index in [0.29, 0.717) is 0 Å². The summed E-state index contributed by atoms with van der Waals surface area (Å²) < 4.78 is 6.08. The Kier molecular flexibility index (Phi) is 6.69. The molecule has 0 spiro atoms. The van der Waals surface area contributed by atoms with Gasteiger partial charge in [0, 0.05) is 0 Å². The lowest BCUT2D eigenvalue weighted by atomic mass is 10.1. The molecule has 0 radical (unpaired) electrons. The van der Waals surface area contributed by atoms with Crippen LogP contribution in [0.3, 0.4) is 0 Å². The molecule has 2 heteroatoms. The van der Waals surface area contributed by atoms with Crippen LogP contribution in [0.5, 0.6) is 5.75 Å². The zero-order valence-electron chi connectivity index (χ0n) is 12.0. The van der Waals surface area contributed by atoms with E-state index in [1.54, 1.807) is 0 Å². The van der Waals surface area contributed by atoms with E-state index in [2.05, 4.69) is 49.9 Å². The first-order chi connectivity index (χ1) is 9.31. The summed E-state index contributed by atoms with van der Waals surface area (Å²) in [6.07, 6.45) is 1.11. The van der Waals surface area contributed by atoms with Crippen LogP contribution in [0, 0.1) is 6.92 Å². The number of benzene rings is 2. The highest BCUT2D eigenvalue weighted by atomic mass is 16.5. The van der Waals surface area contributed by atoms with Gasteiger partial charge in [-0.05, 0) is 37.6 Å². The average molecular weight is 257 g/mol. The Hall–Kier alpha value is -1.80. The molecule has 2 N–H and O–H groups in total. The maximum Gasteiger partial charge on any atom is 0.123 e. The Morgan fingerprint density at radius 1 is 0.947 bits per heavy atom. The van der Waals surface area contributed by atoms with E-state index in [4.69, 9.17) is 4.74 Å². The van der Waals surface area contributed by atoms with Crippen LogP contribution in [0.1, 0.15) is 30.6 Å². The smallest absolute Gasteiger partial charge is 0.123 e. The summed E-state index contributed by atoms with van der Waals surface area (Å²) in [7, 11) is 1.50. The number of para-hydroxylation sites is 1. The van der Waals surface area contributed by atoms with E-state index in [1.165, 1.54) is 18.2 Å². The van der Waals surface area contributed by atoms with E-state index in [0.717, 1.165) is 12.2 Å². The van der Waals surface area contributed by atoms with E-state index < -0.39 is 0 Å². The van der Waals surface area contributed by atoms with Gasteiger partial charge in [0.05, 0.1) is 0 Å². The van der Waals surface area contributed by atoms with Crippen molar-refractivity contribution >= 4 is 0 Å². The zero-order valence-corrected chi connectivity index (χ0v) is 12.0. The van der Waals surface area contributed by atoms with Gasteiger partial charge < -0.3 is 10.5 Å². The van der Waals surface area contributed by atoms with Crippen molar-refractivity contribution in [2.75, 3.05) is 7.05 Å². The normalized spacial score (nSPS) is 11.2. The van der Waals surface area contributed by atoms with Crippen molar-refractivity contribution in [3.8, 4) is 5.75 Å². The third-order valence-electron chi connectivity index (χ3n) is 2.90. The second-order valence-electron chi connectivity index (χ2n) is 4.19. The summed E-state index contributed by atoms with van der Waals surface area (Å²) in [5.74, 6) is 0.975. The first-order valence-corrected chi connectivity index (χ1v) is 6.66. The number of hydrogen-bond donors (Lipinski definition) is 1. The molecule has 0 aromatic heterocycles.